The van der Waals surface area contributed by atoms with Crippen LogP contribution in [-0.2, 0) is 4.79 Å². The van der Waals surface area contributed by atoms with E-state index in [9.17, 15) is 4.79 Å². The van der Waals surface area contributed by atoms with Crippen LogP contribution in [0.2, 0.25) is 5.02 Å². The third kappa shape index (κ3) is 3.61. The average molecular weight is 403 g/mol. The van der Waals surface area contributed by atoms with Crippen molar-refractivity contribution >= 4 is 29.3 Å². The quantitative estimate of drug-likeness (QED) is 0.731. The van der Waals surface area contributed by atoms with E-state index >= 15 is 0 Å². The van der Waals surface area contributed by atoms with Crippen LogP contribution in [0, 0.1) is 17.8 Å². The third-order valence-electron chi connectivity index (χ3n) is 6.36. The first kappa shape index (κ1) is 17.6. The van der Waals surface area contributed by atoms with Crippen molar-refractivity contribution in [2.45, 2.75) is 49.2 Å². The zero-order valence-electron chi connectivity index (χ0n) is 15.1. The van der Waals surface area contributed by atoms with E-state index in [0.717, 1.165) is 23.3 Å². The zero-order chi connectivity index (χ0) is 18.4. The summed E-state index contributed by atoms with van der Waals surface area (Å²) in [4.78, 5) is 17.1. The number of thioether (sulfide) groups is 1. The second-order valence-electron chi connectivity index (χ2n) is 8.51. The number of nitrogens with zero attached hydrogens (tertiary/aromatic N) is 2. The molecule has 0 spiro atoms. The van der Waals surface area contributed by atoms with Crippen molar-refractivity contribution < 1.29 is 4.79 Å². The van der Waals surface area contributed by atoms with Crippen LogP contribution in [0.3, 0.4) is 0 Å². The third-order valence-corrected chi connectivity index (χ3v) is 7.46. The maximum Gasteiger partial charge on any atom is 0.230 e. The van der Waals surface area contributed by atoms with Crippen molar-refractivity contribution in [3.05, 3.63) is 29.3 Å². The molecule has 4 bridgehead atoms. The minimum atomic E-state index is 0.0693. The Morgan fingerprint density at radius 3 is 2.41 bits per heavy atom. The monoisotopic (exact) mass is 402 g/mol. The molecule has 27 heavy (non-hydrogen) atoms. The minimum absolute atomic E-state index is 0.0693. The normalized spacial score (nSPS) is 31.2. The van der Waals surface area contributed by atoms with Gasteiger partial charge in [0.05, 0.1) is 5.75 Å². The maximum atomic E-state index is 12.6. The van der Waals surface area contributed by atoms with Crippen LogP contribution in [0.25, 0.3) is 11.4 Å². The largest absolute Gasteiger partial charge is 0.350 e. The van der Waals surface area contributed by atoms with Crippen LogP contribution in [0.1, 0.15) is 38.5 Å². The van der Waals surface area contributed by atoms with Gasteiger partial charge in [-0.15, -0.1) is 5.10 Å². The van der Waals surface area contributed by atoms with E-state index in [2.05, 4.69) is 20.5 Å². The summed E-state index contributed by atoms with van der Waals surface area (Å²) in [6.07, 6.45) is 7.68. The van der Waals surface area contributed by atoms with Gasteiger partial charge in [0.25, 0.3) is 0 Å². The molecule has 1 amide bonds. The first-order valence-electron chi connectivity index (χ1n) is 9.69. The molecule has 7 heteroatoms. The topological polar surface area (TPSA) is 70.7 Å². The lowest BCUT2D eigenvalue weighted by molar-refractivity contribution is -0.124. The van der Waals surface area contributed by atoms with E-state index in [0.29, 0.717) is 21.8 Å². The number of nitrogens with one attached hydrogen (secondary N) is 2. The molecule has 1 aromatic heterocycles. The van der Waals surface area contributed by atoms with Crippen LogP contribution in [0.4, 0.5) is 0 Å². The summed E-state index contributed by atoms with van der Waals surface area (Å²) in [5.74, 6) is 3.66. The fourth-order valence-corrected chi connectivity index (χ4v) is 6.50. The second-order valence-corrected chi connectivity index (χ2v) is 9.89. The van der Waals surface area contributed by atoms with Crippen LogP contribution in [-0.4, -0.2) is 32.4 Å². The Morgan fingerprint density at radius 2 is 1.78 bits per heavy atom. The summed E-state index contributed by atoms with van der Waals surface area (Å²) in [6, 6.07) is 7.45. The van der Waals surface area contributed by atoms with Gasteiger partial charge in [-0.1, -0.05) is 23.4 Å². The van der Waals surface area contributed by atoms with Crippen molar-refractivity contribution in [1.29, 1.82) is 0 Å². The Labute approximate surface area is 168 Å². The molecule has 0 aliphatic heterocycles. The van der Waals surface area contributed by atoms with E-state index in [1.165, 1.54) is 50.3 Å². The highest BCUT2D eigenvalue weighted by molar-refractivity contribution is 7.99. The Bertz CT molecular complexity index is 815. The summed E-state index contributed by atoms with van der Waals surface area (Å²) in [6.45, 7) is 0. The number of halogens is 1. The molecular formula is C20H23ClN4OS. The van der Waals surface area contributed by atoms with Gasteiger partial charge in [0.2, 0.25) is 11.1 Å². The number of rotatable bonds is 5. The number of H-pyrrole nitrogens is 1. The summed E-state index contributed by atoms with van der Waals surface area (Å²) in [5, 5.41) is 11.8. The molecule has 4 fully saturated rings. The molecule has 142 valence electrons. The second kappa shape index (κ2) is 6.82. The molecule has 2 N–H and O–H groups in total. The summed E-state index contributed by atoms with van der Waals surface area (Å²) >= 11 is 7.31. The molecule has 0 unspecified atom stereocenters. The van der Waals surface area contributed by atoms with Gasteiger partial charge in [-0.3, -0.25) is 9.89 Å². The maximum absolute atomic E-state index is 12.6. The van der Waals surface area contributed by atoms with E-state index in [1.54, 1.807) is 0 Å². The number of benzene rings is 1. The summed E-state index contributed by atoms with van der Waals surface area (Å²) < 4.78 is 0. The number of hydrogen-bond donors (Lipinski definition) is 2. The van der Waals surface area contributed by atoms with Crippen molar-refractivity contribution in [2.24, 2.45) is 17.8 Å². The number of aromatic nitrogens is 3. The predicted molar refractivity (Wildman–Crippen MR) is 107 cm³/mol. The Kier molecular flexibility index (Phi) is 4.43. The summed E-state index contributed by atoms with van der Waals surface area (Å²) in [5.41, 5.74) is 0.997. The van der Waals surface area contributed by atoms with Gasteiger partial charge in [0.1, 0.15) is 0 Å². The lowest BCUT2D eigenvalue weighted by atomic mass is 9.53. The average Bonchev–Trinajstić information content (AvgIpc) is 3.08. The molecule has 5 nitrogen and oxygen atoms in total. The molecule has 0 saturated heterocycles. The lowest BCUT2D eigenvalue weighted by Crippen LogP contribution is -2.60. The van der Waals surface area contributed by atoms with Gasteiger partial charge in [-0.2, -0.15) is 0 Å². The molecule has 4 saturated carbocycles. The molecule has 0 radical (unpaired) electrons. The van der Waals surface area contributed by atoms with Crippen LogP contribution in [0.15, 0.2) is 29.4 Å². The molecule has 2 aromatic rings. The van der Waals surface area contributed by atoms with Gasteiger partial charge in [-0.05, 0) is 80.5 Å². The van der Waals surface area contributed by atoms with E-state index < -0.39 is 0 Å². The number of amides is 1. The van der Waals surface area contributed by atoms with Crippen LogP contribution in [0.5, 0.6) is 0 Å². The molecule has 4 aliphatic carbocycles. The number of hydrogen-bond acceptors (Lipinski definition) is 4. The van der Waals surface area contributed by atoms with Crippen molar-refractivity contribution in [3.8, 4) is 11.4 Å². The van der Waals surface area contributed by atoms with Crippen molar-refractivity contribution in [1.82, 2.24) is 20.5 Å². The van der Waals surface area contributed by atoms with Gasteiger partial charge in [0.15, 0.2) is 5.82 Å². The molecule has 1 aromatic carbocycles. The van der Waals surface area contributed by atoms with Gasteiger partial charge >= 0.3 is 0 Å². The minimum Gasteiger partial charge on any atom is -0.350 e. The molecule has 0 atom stereocenters. The van der Waals surface area contributed by atoms with Crippen molar-refractivity contribution in [3.63, 3.8) is 0 Å². The smallest absolute Gasteiger partial charge is 0.230 e. The fourth-order valence-electron chi connectivity index (χ4n) is 5.77. The number of aromatic amines is 1. The standard InChI is InChI=1S/C20H23ClN4OS/c21-16-3-1-15(2-4-16)18-22-19(25-24-18)27-11-17(26)23-20-8-12-5-13(9-20)7-14(6-12)10-20/h1-4,12-14H,5-11H2,(H,23,26)(H,22,24,25). The molecule has 4 aliphatic rings. The predicted octanol–water partition coefficient (Wildman–Crippen LogP) is 4.30. The van der Waals surface area contributed by atoms with E-state index in [-0.39, 0.29) is 11.4 Å². The van der Waals surface area contributed by atoms with E-state index in [4.69, 9.17) is 11.6 Å². The SMILES string of the molecule is O=C(CSc1n[nH]c(-c2ccc(Cl)cc2)n1)NC12CC3CC(CC(C3)C1)C2. The van der Waals surface area contributed by atoms with Gasteiger partial charge in [-0.25, -0.2) is 4.98 Å². The summed E-state index contributed by atoms with van der Waals surface area (Å²) in [7, 11) is 0. The fraction of sp³-hybridized carbons (Fsp3) is 0.550. The highest BCUT2D eigenvalue weighted by Gasteiger charge is 2.51. The molecule has 1 heterocycles. The highest BCUT2D eigenvalue weighted by atomic mass is 35.5. The van der Waals surface area contributed by atoms with Gasteiger partial charge < -0.3 is 5.32 Å². The van der Waals surface area contributed by atoms with E-state index in [1.807, 2.05) is 24.3 Å². The lowest BCUT2D eigenvalue weighted by Gasteiger charge is -2.56. The van der Waals surface area contributed by atoms with Crippen molar-refractivity contribution in [2.75, 3.05) is 5.75 Å². The Morgan fingerprint density at radius 1 is 1.15 bits per heavy atom. The van der Waals surface area contributed by atoms with Gasteiger partial charge in [0, 0.05) is 16.1 Å². The Hall–Kier alpha value is -1.53. The Balaban J connectivity index is 1.19. The van der Waals surface area contributed by atoms with Crippen LogP contribution < -0.4 is 5.32 Å². The molecular weight excluding hydrogens is 380 g/mol. The zero-order valence-corrected chi connectivity index (χ0v) is 16.7. The first-order valence-corrected chi connectivity index (χ1v) is 11.1. The van der Waals surface area contributed by atoms with Crippen LogP contribution >= 0.6 is 23.4 Å². The highest BCUT2D eigenvalue weighted by Crippen LogP contribution is 2.55. The molecule has 6 rings (SSSR count). The number of carbonyl (C=O) groups is 1. The number of carbonyl (C=O) groups excluding carboxylic acids is 1. The first-order chi connectivity index (χ1) is 13.1.